The lowest BCUT2D eigenvalue weighted by atomic mass is 10.00. The lowest BCUT2D eigenvalue weighted by molar-refractivity contribution is 0.00540. The van der Waals surface area contributed by atoms with E-state index in [-0.39, 0.29) is 12.1 Å². The molecule has 0 amide bonds. The predicted octanol–water partition coefficient (Wildman–Crippen LogP) is 0.822. The minimum absolute atomic E-state index is 0.167. The quantitative estimate of drug-likeness (QED) is 0.858. The minimum Gasteiger partial charge on any atom is -0.374 e. The Hall–Kier alpha value is -1.43. The Morgan fingerprint density at radius 2 is 2.42 bits per heavy atom. The summed E-state index contributed by atoms with van der Waals surface area (Å²) in [5.74, 6) is 0. The molecule has 102 valence electrons. The molecule has 2 unspecified atom stereocenters. The summed E-state index contributed by atoms with van der Waals surface area (Å²) in [4.78, 5) is 4.42. The van der Waals surface area contributed by atoms with E-state index in [0.29, 0.717) is 0 Å². The summed E-state index contributed by atoms with van der Waals surface area (Å²) in [5.41, 5.74) is 3.41. The molecule has 1 aromatic carbocycles. The second-order valence-electron chi connectivity index (χ2n) is 4.98. The number of likely N-dealkylation sites (N-methyl/N-ethyl adjacent to an activating group) is 1. The van der Waals surface area contributed by atoms with Crippen LogP contribution < -0.4 is 10.6 Å². The molecule has 1 aliphatic rings. The first kappa shape index (κ1) is 12.6. The number of nitrogens with one attached hydrogen (secondary N) is 2. The molecule has 0 bridgehead atoms. The molecule has 1 aromatic heterocycles. The van der Waals surface area contributed by atoms with Gasteiger partial charge in [0.05, 0.1) is 36.1 Å². The van der Waals surface area contributed by atoms with Gasteiger partial charge in [-0.2, -0.15) is 0 Å². The lowest BCUT2D eigenvalue weighted by Crippen LogP contribution is -2.45. The normalized spacial score (nSPS) is 21.7. The highest BCUT2D eigenvalue weighted by atomic mass is 16.5. The Morgan fingerprint density at radius 1 is 1.53 bits per heavy atom. The van der Waals surface area contributed by atoms with Gasteiger partial charge in [0.25, 0.3) is 0 Å². The first-order valence-corrected chi connectivity index (χ1v) is 6.70. The fourth-order valence-corrected chi connectivity index (χ4v) is 2.71. The molecule has 0 saturated carbocycles. The lowest BCUT2D eigenvalue weighted by Gasteiger charge is -2.31. The van der Waals surface area contributed by atoms with Crippen LogP contribution in [0.3, 0.4) is 0 Å². The molecule has 5 heteroatoms. The van der Waals surface area contributed by atoms with E-state index in [1.54, 1.807) is 0 Å². The van der Waals surface area contributed by atoms with Crippen LogP contribution in [0.5, 0.6) is 0 Å². The molecule has 0 spiro atoms. The van der Waals surface area contributed by atoms with Gasteiger partial charge in [0.15, 0.2) is 0 Å². The Bertz CT molecular complexity index is 560. The Labute approximate surface area is 113 Å². The summed E-state index contributed by atoms with van der Waals surface area (Å²) in [6.07, 6.45) is 2.02. The molecule has 19 heavy (non-hydrogen) atoms. The van der Waals surface area contributed by atoms with Gasteiger partial charge in [-0.3, -0.25) is 0 Å². The molecule has 2 N–H and O–H groups in total. The van der Waals surface area contributed by atoms with Crippen molar-refractivity contribution in [3.63, 3.8) is 0 Å². The Balaban J connectivity index is 1.91. The van der Waals surface area contributed by atoms with Crippen molar-refractivity contribution >= 4 is 11.0 Å². The average Bonchev–Trinajstić information content (AvgIpc) is 2.82. The molecule has 1 saturated heterocycles. The summed E-state index contributed by atoms with van der Waals surface area (Å²) >= 11 is 0. The zero-order chi connectivity index (χ0) is 13.2. The molecule has 2 aromatic rings. The zero-order valence-electron chi connectivity index (χ0n) is 11.4. The van der Waals surface area contributed by atoms with E-state index in [0.717, 1.165) is 30.7 Å². The van der Waals surface area contributed by atoms with Crippen LogP contribution in [0.15, 0.2) is 24.5 Å². The van der Waals surface area contributed by atoms with Crippen molar-refractivity contribution < 1.29 is 4.74 Å². The van der Waals surface area contributed by atoms with Crippen LogP contribution in [0.1, 0.15) is 11.6 Å². The van der Waals surface area contributed by atoms with Gasteiger partial charge in [-0.05, 0) is 24.7 Å². The van der Waals surface area contributed by atoms with Gasteiger partial charge < -0.3 is 19.9 Å². The highest BCUT2D eigenvalue weighted by Gasteiger charge is 2.24. The number of rotatable bonds is 3. The summed E-state index contributed by atoms with van der Waals surface area (Å²) in [6, 6.07) is 6.62. The van der Waals surface area contributed by atoms with Crippen molar-refractivity contribution in [2.24, 2.45) is 7.05 Å². The number of fused-ring (bicyclic) bond motifs is 1. The van der Waals surface area contributed by atoms with E-state index >= 15 is 0 Å². The van der Waals surface area contributed by atoms with E-state index < -0.39 is 0 Å². The van der Waals surface area contributed by atoms with Crippen molar-refractivity contribution in [2.75, 3.05) is 26.7 Å². The number of nitrogens with zero attached hydrogens (tertiary/aromatic N) is 2. The first-order chi connectivity index (χ1) is 9.29. The SMILES string of the molecule is CNC(c1ccc2c(c1)ncn2C)C1CNCCO1. The monoisotopic (exact) mass is 260 g/mol. The fraction of sp³-hybridized carbons (Fsp3) is 0.500. The highest BCUT2D eigenvalue weighted by molar-refractivity contribution is 5.76. The van der Waals surface area contributed by atoms with Crippen molar-refractivity contribution in [1.29, 1.82) is 0 Å². The van der Waals surface area contributed by atoms with Crippen molar-refractivity contribution in [3.05, 3.63) is 30.1 Å². The molecule has 5 nitrogen and oxygen atoms in total. The van der Waals surface area contributed by atoms with Crippen molar-refractivity contribution in [2.45, 2.75) is 12.1 Å². The van der Waals surface area contributed by atoms with Gasteiger partial charge >= 0.3 is 0 Å². The number of hydrogen-bond donors (Lipinski definition) is 2. The first-order valence-electron chi connectivity index (χ1n) is 6.70. The maximum Gasteiger partial charge on any atom is 0.0955 e. The number of imidazole rings is 1. The van der Waals surface area contributed by atoms with Gasteiger partial charge in [0.2, 0.25) is 0 Å². The third kappa shape index (κ3) is 2.36. The van der Waals surface area contributed by atoms with Crippen LogP contribution in [0.4, 0.5) is 0 Å². The Kier molecular flexibility index (Phi) is 3.50. The van der Waals surface area contributed by atoms with Crippen LogP contribution in [-0.2, 0) is 11.8 Å². The Morgan fingerprint density at radius 3 is 3.16 bits per heavy atom. The third-order valence-electron chi connectivity index (χ3n) is 3.75. The van der Waals surface area contributed by atoms with Gasteiger partial charge in [-0.15, -0.1) is 0 Å². The summed E-state index contributed by atoms with van der Waals surface area (Å²) in [7, 11) is 3.99. The molecule has 1 fully saturated rings. The number of aromatic nitrogens is 2. The molecule has 3 rings (SSSR count). The highest BCUT2D eigenvalue weighted by Crippen LogP contribution is 2.23. The number of aryl methyl sites for hydroxylation is 1. The fourth-order valence-electron chi connectivity index (χ4n) is 2.71. The number of morpholine rings is 1. The van der Waals surface area contributed by atoms with E-state index in [4.69, 9.17) is 4.74 Å². The van der Waals surface area contributed by atoms with E-state index in [9.17, 15) is 0 Å². The van der Waals surface area contributed by atoms with E-state index in [1.165, 1.54) is 5.56 Å². The van der Waals surface area contributed by atoms with Crippen LogP contribution in [-0.4, -0.2) is 42.4 Å². The van der Waals surface area contributed by atoms with Crippen molar-refractivity contribution in [3.8, 4) is 0 Å². The third-order valence-corrected chi connectivity index (χ3v) is 3.75. The maximum absolute atomic E-state index is 5.85. The van der Waals surface area contributed by atoms with Crippen LogP contribution in [0, 0.1) is 0 Å². The molecule has 0 aliphatic carbocycles. The molecule has 2 atom stereocenters. The summed E-state index contributed by atoms with van der Waals surface area (Å²) < 4.78 is 7.89. The predicted molar refractivity (Wildman–Crippen MR) is 75.1 cm³/mol. The topological polar surface area (TPSA) is 51.1 Å². The molecule has 1 aliphatic heterocycles. The molecule has 2 heterocycles. The number of ether oxygens (including phenoxy) is 1. The standard InChI is InChI=1S/C14H20N4O/c1-15-14(13-8-16-5-6-19-13)10-3-4-12-11(7-10)17-9-18(12)2/h3-4,7,9,13-16H,5-6,8H2,1-2H3. The number of hydrogen-bond acceptors (Lipinski definition) is 4. The number of benzene rings is 1. The molecular weight excluding hydrogens is 240 g/mol. The van der Waals surface area contributed by atoms with E-state index in [2.05, 4.69) is 33.8 Å². The second-order valence-corrected chi connectivity index (χ2v) is 4.98. The van der Waals surface area contributed by atoms with E-state index in [1.807, 2.05) is 25.0 Å². The molecule has 0 radical (unpaired) electrons. The summed E-state index contributed by atoms with van der Waals surface area (Å²) in [6.45, 7) is 2.59. The largest absolute Gasteiger partial charge is 0.374 e. The summed E-state index contributed by atoms with van der Waals surface area (Å²) in [5, 5.41) is 6.74. The van der Waals surface area contributed by atoms with Gasteiger partial charge in [-0.25, -0.2) is 4.98 Å². The smallest absolute Gasteiger partial charge is 0.0955 e. The average molecular weight is 260 g/mol. The van der Waals surface area contributed by atoms with Gasteiger partial charge in [0.1, 0.15) is 0 Å². The van der Waals surface area contributed by atoms with Crippen LogP contribution >= 0.6 is 0 Å². The second kappa shape index (κ2) is 5.28. The minimum atomic E-state index is 0.167. The van der Waals surface area contributed by atoms with Gasteiger partial charge in [-0.1, -0.05) is 6.07 Å². The van der Waals surface area contributed by atoms with Crippen molar-refractivity contribution in [1.82, 2.24) is 20.2 Å². The van der Waals surface area contributed by atoms with Gasteiger partial charge in [0, 0.05) is 20.1 Å². The zero-order valence-corrected chi connectivity index (χ0v) is 11.4. The van der Waals surface area contributed by atoms with Crippen LogP contribution in [0.2, 0.25) is 0 Å². The maximum atomic E-state index is 5.85. The van der Waals surface area contributed by atoms with Crippen LogP contribution in [0.25, 0.3) is 11.0 Å². The molecular formula is C14H20N4O.